The molecule has 0 aliphatic carbocycles. The molecule has 530 valence electrons. The molecule has 4 rings (SSSR count). The molecule has 95 heavy (non-hydrogen) atoms. The molecular weight excluding hydrogens is 1220 g/mol. The Hall–Kier alpha value is -7.71. The maximum absolute atomic E-state index is 14.8. The largest absolute Gasteiger partial charge is 0.445 e. The first kappa shape index (κ1) is 79.7. The fourth-order valence-corrected chi connectivity index (χ4v) is 12.7. The Kier molecular flexibility index (Phi) is 32.5. The smallest absolute Gasteiger partial charge is 0.410 e. The second kappa shape index (κ2) is 38.7. The fraction of sp³-hybridized carbons (Fsp3) is 0.667. The number of nitrogens with zero attached hydrogens (tertiary/aromatic N) is 4. The van der Waals surface area contributed by atoms with Gasteiger partial charge in [0.1, 0.15) is 30.8 Å². The maximum atomic E-state index is 14.8. The van der Waals surface area contributed by atoms with Gasteiger partial charge in [0.05, 0.1) is 30.2 Å². The monoisotopic (exact) mass is 1330 g/mol. The van der Waals surface area contributed by atoms with Crippen molar-refractivity contribution in [3.8, 4) is 0 Å². The highest BCUT2D eigenvalue weighted by Crippen LogP contribution is 2.32. The maximum Gasteiger partial charge on any atom is 0.410 e. The number of nitrogens with one attached hydrogen (secondary N) is 6. The molecule has 2 aliphatic heterocycles. The van der Waals surface area contributed by atoms with E-state index in [4.69, 9.17) is 15.2 Å². The average Bonchev–Trinajstić information content (AvgIpc) is 1.78. The summed E-state index contributed by atoms with van der Waals surface area (Å²) in [5.74, 6) is -6.88. The minimum absolute atomic E-state index is 0.0836. The number of aliphatic hydroxyl groups excluding tert-OH is 2. The van der Waals surface area contributed by atoms with Crippen LogP contribution >= 0.6 is 0 Å². The minimum Gasteiger partial charge on any atom is -0.445 e. The Morgan fingerprint density at radius 2 is 1.41 bits per heavy atom. The lowest BCUT2D eigenvalue weighted by molar-refractivity contribution is -0.145. The van der Waals surface area contributed by atoms with Crippen LogP contribution in [0.4, 0.5) is 15.3 Å². The molecule has 12 amide bonds. The number of carbonyl (C=O) groups excluding carboxylic acids is 11. The number of primary amides is 1. The summed E-state index contributed by atoms with van der Waals surface area (Å²) in [7, 11) is 4.53. The van der Waals surface area contributed by atoms with Crippen LogP contribution in [0.25, 0.3) is 0 Å². The van der Waals surface area contributed by atoms with Crippen LogP contribution in [0.1, 0.15) is 164 Å². The second-order valence-electron chi connectivity index (χ2n) is 26.8. The number of imide groups is 1. The average molecular weight is 1330 g/mol. The number of aliphatic hydroxyl groups is 2. The standard InChI is InChI=1S/C69H109N11O15/c1-15-43(8)59(49(38-81)37-55(84)79-35-23-27-52(79)61(94-14)45(10)62(86)72-46(11)60(85)48-24-18-16-19-25-48)77(12)67(91)57(41(4)5)76-65(89)58(42(6)7)78(13)69(93)95-39-47-29-31-50(32-30-47)73-63(87)51(26-22-33-71-68(70)92)74-64(88)56(40(2)3)75-53(82)28-20-17-21-34-80-54(83)36-44(9)66(80)90/h16,18-19,24-25,29-32,40-46,49,51-52,56-61,81,85H,15,17,20-23,26-28,33-39H2,1-14H3,(H,72,86)(H,73,87)(H,74,88)(H,75,82)(H,76,89)(H3,70,71,92)/t43-,44?,45+,46+,49-,51-,52-,56-,57-,58?,59-,60+,61+/m0/s1. The lowest BCUT2D eigenvalue weighted by Crippen LogP contribution is -2.59. The summed E-state index contributed by atoms with van der Waals surface area (Å²) in [4.78, 5) is 153. The number of likely N-dealkylation sites (tertiary alicyclic amines) is 2. The number of anilines is 1. The van der Waals surface area contributed by atoms with Gasteiger partial charge in [-0.15, -0.1) is 0 Å². The highest BCUT2D eigenvalue weighted by Gasteiger charge is 2.44. The van der Waals surface area contributed by atoms with Gasteiger partial charge in [-0.25, -0.2) is 9.59 Å². The Bertz CT molecular complexity index is 2880. The predicted molar refractivity (Wildman–Crippen MR) is 358 cm³/mol. The number of nitrogens with two attached hydrogens (primary N) is 1. The SMILES string of the molecule is CC[C@H](C)[C@@H]([C@H](CO)CC(=O)N1CCC[C@H]1[C@H](OC)[C@@H](C)C(=O)N[C@H](C)[C@@H](O)c1ccccc1)N(C)C(=O)[C@@H](NC(=O)C(C(C)C)N(C)C(=O)OCc1ccc(NC(=O)[C@H](CCCNC(N)=O)NC(=O)[C@@H](NC(=O)CCCCCN2C(=O)CC(C)C2=O)C(C)C)cc1)C(C)C. The van der Waals surface area contributed by atoms with Crippen molar-refractivity contribution in [2.24, 2.45) is 47.2 Å². The Morgan fingerprint density at radius 1 is 0.758 bits per heavy atom. The summed E-state index contributed by atoms with van der Waals surface area (Å²) in [5, 5.41) is 38.7. The molecule has 26 heteroatoms. The zero-order chi connectivity index (χ0) is 71.0. The van der Waals surface area contributed by atoms with Crippen molar-refractivity contribution in [1.82, 2.24) is 46.2 Å². The van der Waals surface area contributed by atoms with E-state index < -0.39 is 121 Å². The van der Waals surface area contributed by atoms with Crippen molar-refractivity contribution in [2.45, 2.75) is 208 Å². The molecule has 2 unspecified atom stereocenters. The molecular formula is C69H109N11O15. The number of benzene rings is 2. The van der Waals surface area contributed by atoms with Gasteiger partial charge in [-0.2, -0.15) is 0 Å². The van der Waals surface area contributed by atoms with E-state index in [0.29, 0.717) is 61.9 Å². The zero-order valence-corrected chi connectivity index (χ0v) is 58.3. The van der Waals surface area contributed by atoms with Crippen molar-refractivity contribution in [2.75, 3.05) is 52.8 Å². The highest BCUT2D eigenvalue weighted by molar-refractivity contribution is 6.03. The molecule has 0 saturated carbocycles. The number of amides is 12. The summed E-state index contributed by atoms with van der Waals surface area (Å²) in [6, 6.07) is 8.59. The first-order chi connectivity index (χ1) is 44.9. The number of hydrogen-bond donors (Lipinski definition) is 9. The van der Waals surface area contributed by atoms with Gasteiger partial charge in [-0.3, -0.25) is 53.0 Å². The van der Waals surface area contributed by atoms with Gasteiger partial charge < -0.3 is 67.1 Å². The third-order valence-electron chi connectivity index (χ3n) is 18.4. The summed E-state index contributed by atoms with van der Waals surface area (Å²) in [6.45, 7) is 19.8. The Balaban J connectivity index is 1.37. The van der Waals surface area contributed by atoms with Gasteiger partial charge >= 0.3 is 12.1 Å². The van der Waals surface area contributed by atoms with Crippen LogP contribution in [-0.4, -0.2) is 191 Å². The van der Waals surface area contributed by atoms with Gasteiger partial charge in [0.2, 0.25) is 53.2 Å². The van der Waals surface area contributed by atoms with Gasteiger partial charge in [0, 0.05) is 90.3 Å². The van der Waals surface area contributed by atoms with E-state index in [9.17, 15) is 63.0 Å². The van der Waals surface area contributed by atoms with Crippen molar-refractivity contribution in [3.63, 3.8) is 0 Å². The fourth-order valence-electron chi connectivity index (χ4n) is 12.7. The number of unbranched alkanes of at least 4 members (excludes halogenated alkanes) is 2. The molecule has 13 atom stereocenters. The summed E-state index contributed by atoms with van der Waals surface area (Å²) in [5.41, 5.74) is 6.76. The van der Waals surface area contributed by atoms with E-state index in [1.54, 1.807) is 111 Å². The van der Waals surface area contributed by atoms with Gasteiger partial charge in [0.15, 0.2) is 0 Å². The quantitative estimate of drug-likeness (QED) is 0.0310. The molecule has 0 aromatic heterocycles. The lowest BCUT2D eigenvalue weighted by Gasteiger charge is -2.41. The van der Waals surface area contributed by atoms with Crippen LogP contribution in [-0.2, 0) is 59.2 Å². The molecule has 0 radical (unpaired) electrons. The predicted octanol–water partition coefficient (Wildman–Crippen LogP) is 5.14. The second-order valence-corrected chi connectivity index (χ2v) is 26.8. The third kappa shape index (κ3) is 23.3. The molecule has 10 N–H and O–H groups in total. The van der Waals surface area contributed by atoms with E-state index in [1.165, 1.54) is 24.0 Å². The van der Waals surface area contributed by atoms with E-state index >= 15 is 0 Å². The number of hydrogen-bond acceptors (Lipinski definition) is 15. The zero-order valence-electron chi connectivity index (χ0n) is 58.3. The number of rotatable bonds is 38. The molecule has 2 aliphatic rings. The molecule has 0 bridgehead atoms. The molecule has 2 saturated heterocycles. The van der Waals surface area contributed by atoms with Crippen LogP contribution in [0.15, 0.2) is 54.6 Å². The first-order valence-corrected chi connectivity index (χ1v) is 33.7. The highest BCUT2D eigenvalue weighted by atomic mass is 16.6. The van der Waals surface area contributed by atoms with E-state index in [-0.39, 0.29) is 99.1 Å². The van der Waals surface area contributed by atoms with Crippen molar-refractivity contribution in [1.29, 1.82) is 0 Å². The van der Waals surface area contributed by atoms with Gasteiger partial charge in [0.25, 0.3) is 0 Å². The van der Waals surface area contributed by atoms with Crippen molar-refractivity contribution >= 4 is 71.0 Å². The molecule has 26 nitrogen and oxygen atoms in total. The Morgan fingerprint density at radius 3 is 1.98 bits per heavy atom. The number of urea groups is 1. The topological polar surface area (TPSA) is 358 Å². The van der Waals surface area contributed by atoms with Crippen LogP contribution in [0.3, 0.4) is 0 Å². The molecule has 2 aromatic rings. The number of carbonyl (C=O) groups is 11. The molecule has 2 fully saturated rings. The van der Waals surface area contributed by atoms with Crippen LogP contribution in [0, 0.1) is 41.4 Å². The number of ether oxygens (including phenoxy) is 2. The Labute approximate surface area is 561 Å². The summed E-state index contributed by atoms with van der Waals surface area (Å²) in [6.07, 6.45) is 1.42. The summed E-state index contributed by atoms with van der Waals surface area (Å²) >= 11 is 0. The lowest BCUT2D eigenvalue weighted by atomic mass is 9.83. The van der Waals surface area contributed by atoms with Crippen LogP contribution in [0.5, 0.6) is 0 Å². The van der Waals surface area contributed by atoms with Crippen molar-refractivity contribution in [3.05, 3.63) is 65.7 Å². The summed E-state index contributed by atoms with van der Waals surface area (Å²) < 4.78 is 11.6. The van der Waals surface area contributed by atoms with Gasteiger partial charge in [-0.05, 0) is 92.4 Å². The van der Waals surface area contributed by atoms with E-state index in [0.717, 1.165) is 4.90 Å². The number of methoxy groups -OCH3 is 1. The van der Waals surface area contributed by atoms with Crippen LogP contribution in [0.2, 0.25) is 0 Å². The minimum atomic E-state index is -1.11. The van der Waals surface area contributed by atoms with Crippen molar-refractivity contribution < 1.29 is 72.4 Å². The first-order valence-electron chi connectivity index (χ1n) is 33.7. The molecule has 2 heterocycles. The third-order valence-corrected chi connectivity index (χ3v) is 18.4. The number of likely N-dealkylation sites (N-methyl/N-ethyl adjacent to an activating group) is 2. The molecule has 0 spiro atoms. The molecule has 2 aromatic carbocycles. The normalized spacial score (nSPS) is 18.3. The van der Waals surface area contributed by atoms with Crippen LogP contribution < -0.4 is 37.6 Å². The van der Waals surface area contributed by atoms with E-state index in [2.05, 4.69) is 31.9 Å². The van der Waals surface area contributed by atoms with E-state index in [1.807, 2.05) is 32.0 Å². The van der Waals surface area contributed by atoms with Gasteiger partial charge in [-0.1, -0.05) is 125 Å².